The van der Waals surface area contributed by atoms with E-state index >= 15 is 0 Å². The molecule has 0 aliphatic carbocycles. The Morgan fingerprint density at radius 1 is 1.10 bits per heavy atom. The van der Waals surface area contributed by atoms with Gasteiger partial charge < -0.3 is 10.0 Å². The predicted molar refractivity (Wildman–Crippen MR) is 83.7 cm³/mol. The van der Waals surface area contributed by atoms with Crippen LogP contribution in [0.2, 0.25) is 0 Å². The molecule has 2 aromatic carbocycles. The maximum Gasteiger partial charge on any atom is 0.0917 e. The number of hydrogen-bond acceptors (Lipinski definition) is 2. The number of aliphatic hydroxyl groups excluding tert-OH is 1. The molecule has 0 saturated carbocycles. The molecule has 1 atom stereocenters. The molecule has 0 aromatic heterocycles. The fraction of sp³-hybridized carbons (Fsp3) is 0.444. The summed E-state index contributed by atoms with van der Waals surface area (Å²) in [4.78, 5) is 2.39. The Bertz CT molecular complexity index is 572. The lowest BCUT2D eigenvalue weighted by Crippen LogP contribution is -2.35. The fourth-order valence-electron chi connectivity index (χ4n) is 3.01. The number of nitrogens with zero attached hydrogens (tertiary/aromatic N) is 1. The van der Waals surface area contributed by atoms with Gasteiger partial charge in [0, 0.05) is 6.54 Å². The van der Waals surface area contributed by atoms with E-state index in [0.29, 0.717) is 0 Å². The molecule has 0 spiro atoms. The monoisotopic (exact) mass is 269 g/mol. The third-order valence-corrected chi connectivity index (χ3v) is 4.47. The van der Waals surface area contributed by atoms with Gasteiger partial charge in [0.1, 0.15) is 0 Å². The molecule has 1 saturated heterocycles. The van der Waals surface area contributed by atoms with E-state index < -0.39 is 0 Å². The fourth-order valence-corrected chi connectivity index (χ4v) is 3.01. The summed E-state index contributed by atoms with van der Waals surface area (Å²) in [7, 11) is 0. The van der Waals surface area contributed by atoms with Crippen LogP contribution in [0.3, 0.4) is 0 Å². The third kappa shape index (κ3) is 3.02. The van der Waals surface area contributed by atoms with Crippen LogP contribution in [0, 0.1) is 5.92 Å². The number of rotatable bonds is 3. The van der Waals surface area contributed by atoms with Crippen molar-refractivity contribution in [3.8, 4) is 0 Å². The van der Waals surface area contributed by atoms with Crippen molar-refractivity contribution in [3.05, 3.63) is 48.0 Å². The van der Waals surface area contributed by atoms with E-state index in [-0.39, 0.29) is 6.10 Å². The van der Waals surface area contributed by atoms with Crippen LogP contribution in [-0.2, 0) is 0 Å². The average Bonchev–Trinajstić information content (AvgIpc) is 2.49. The van der Waals surface area contributed by atoms with E-state index in [4.69, 9.17) is 0 Å². The quantitative estimate of drug-likeness (QED) is 0.920. The van der Waals surface area contributed by atoms with E-state index in [2.05, 4.69) is 42.2 Å². The van der Waals surface area contributed by atoms with Crippen LogP contribution in [0.1, 0.15) is 31.4 Å². The number of aliphatic hydroxyl groups is 1. The zero-order valence-electron chi connectivity index (χ0n) is 12.1. The van der Waals surface area contributed by atoms with E-state index in [0.717, 1.165) is 31.1 Å². The van der Waals surface area contributed by atoms with Crippen LogP contribution in [0.25, 0.3) is 10.8 Å². The molecular formula is C18H23NO. The predicted octanol–water partition coefficient (Wildman–Crippen LogP) is 3.61. The molecule has 1 N–H and O–H groups in total. The van der Waals surface area contributed by atoms with Crippen LogP contribution < -0.4 is 0 Å². The molecule has 1 fully saturated rings. The van der Waals surface area contributed by atoms with Crippen molar-refractivity contribution in [1.82, 2.24) is 4.90 Å². The Morgan fingerprint density at radius 3 is 2.55 bits per heavy atom. The highest BCUT2D eigenvalue weighted by Crippen LogP contribution is 2.23. The lowest BCUT2D eigenvalue weighted by molar-refractivity contribution is 0.0917. The van der Waals surface area contributed by atoms with Crippen LogP contribution in [0.4, 0.5) is 0 Å². The molecule has 2 heteroatoms. The summed E-state index contributed by atoms with van der Waals surface area (Å²) in [6, 6.07) is 14.6. The first-order valence-electron chi connectivity index (χ1n) is 7.61. The Kier molecular flexibility index (Phi) is 4.04. The van der Waals surface area contributed by atoms with Gasteiger partial charge in [0.05, 0.1) is 6.10 Å². The summed E-state index contributed by atoms with van der Waals surface area (Å²) < 4.78 is 0. The molecule has 3 rings (SSSR count). The number of piperidine rings is 1. The van der Waals surface area contributed by atoms with Crippen molar-refractivity contribution >= 4 is 10.8 Å². The summed E-state index contributed by atoms with van der Waals surface area (Å²) in [6.07, 6.45) is 2.13. The standard InChI is InChI=1S/C18H23NO/c1-14-8-10-19(11-9-14)13-18(20)17-7-6-15-4-2-3-5-16(15)12-17/h2-7,12,14,18,20H,8-11,13H2,1H3. The van der Waals surface area contributed by atoms with E-state index in [1.807, 2.05) is 12.1 Å². The first kappa shape index (κ1) is 13.6. The molecule has 2 nitrogen and oxygen atoms in total. The Labute approximate surface area is 121 Å². The maximum absolute atomic E-state index is 10.5. The van der Waals surface area contributed by atoms with Gasteiger partial charge in [0.15, 0.2) is 0 Å². The maximum atomic E-state index is 10.5. The molecule has 1 heterocycles. The van der Waals surface area contributed by atoms with Crippen molar-refractivity contribution < 1.29 is 5.11 Å². The second-order valence-corrected chi connectivity index (χ2v) is 6.11. The summed E-state index contributed by atoms with van der Waals surface area (Å²) in [5.74, 6) is 0.837. The Hall–Kier alpha value is -1.38. The largest absolute Gasteiger partial charge is 0.387 e. The van der Waals surface area contributed by atoms with Gasteiger partial charge in [-0.25, -0.2) is 0 Å². The summed E-state index contributed by atoms with van der Waals surface area (Å²) in [5, 5.41) is 12.9. The number of fused-ring (bicyclic) bond motifs is 1. The number of β-amino-alcohol motifs (C(OH)–C–C–N with tert-alkyl or cyclic N) is 1. The van der Waals surface area contributed by atoms with Gasteiger partial charge in [-0.15, -0.1) is 0 Å². The van der Waals surface area contributed by atoms with Gasteiger partial charge in [0.25, 0.3) is 0 Å². The Balaban J connectivity index is 1.70. The van der Waals surface area contributed by atoms with Gasteiger partial charge in [-0.3, -0.25) is 0 Å². The molecule has 1 aliphatic heterocycles. The molecular weight excluding hydrogens is 246 g/mol. The molecule has 20 heavy (non-hydrogen) atoms. The normalized spacial score (nSPS) is 19.3. The molecule has 106 valence electrons. The van der Waals surface area contributed by atoms with Crippen molar-refractivity contribution in [2.24, 2.45) is 5.92 Å². The van der Waals surface area contributed by atoms with Crippen molar-refractivity contribution in [1.29, 1.82) is 0 Å². The first-order chi connectivity index (χ1) is 9.72. The van der Waals surface area contributed by atoms with Crippen LogP contribution in [0.15, 0.2) is 42.5 Å². The van der Waals surface area contributed by atoms with Gasteiger partial charge in [-0.1, -0.05) is 43.3 Å². The zero-order valence-corrected chi connectivity index (χ0v) is 12.1. The second kappa shape index (κ2) is 5.94. The smallest absolute Gasteiger partial charge is 0.0917 e. The van der Waals surface area contributed by atoms with Gasteiger partial charge in [-0.2, -0.15) is 0 Å². The molecule has 0 amide bonds. The number of hydrogen-bond donors (Lipinski definition) is 1. The third-order valence-electron chi connectivity index (χ3n) is 4.47. The Morgan fingerprint density at radius 2 is 1.80 bits per heavy atom. The minimum Gasteiger partial charge on any atom is -0.387 e. The highest BCUT2D eigenvalue weighted by molar-refractivity contribution is 5.83. The minimum atomic E-state index is -0.381. The van der Waals surface area contributed by atoms with Crippen LogP contribution >= 0.6 is 0 Å². The molecule has 1 unspecified atom stereocenters. The zero-order chi connectivity index (χ0) is 13.9. The van der Waals surface area contributed by atoms with Gasteiger partial charge in [-0.05, 0) is 54.3 Å². The summed E-state index contributed by atoms with van der Waals surface area (Å²) in [5.41, 5.74) is 1.03. The topological polar surface area (TPSA) is 23.5 Å². The molecule has 1 aliphatic rings. The number of benzene rings is 2. The SMILES string of the molecule is CC1CCN(CC(O)c2ccc3ccccc3c2)CC1. The van der Waals surface area contributed by atoms with E-state index in [9.17, 15) is 5.11 Å². The summed E-state index contributed by atoms with van der Waals surface area (Å²) in [6.45, 7) is 5.31. The van der Waals surface area contributed by atoms with Crippen LogP contribution in [0.5, 0.6) is 0 Å². The van der Waals surface area contributed by atoms with Crippen molar-refractivity contribution in [2.75, 3.05) is 19.6 Å². The first-order valence-corrected chi connectivity index (χ1v) is 7.61. The second-order valence-electron chi connectivity index (χ2n) is 6.11. The van der Waals surface area contributed by atoms with Gasteiger partial charge >= 0.3 is 0 Å². The number of likely N-dealkylation sites (tertiary alicyclic amines) is 1. The molecule has 0 radical (unpaired) electrons. The molecule has 0 bridgehead atoms. The summed E-state index contributed by atoms with van der Waals surface area (Å²) >= 11 is 0. The average molecular weight is 269 g/mol. The van der Waals surface area contributed by atoms with Crippen LogP contribution in [-0.4, -0.2) is 29.6 Å². The van der Waals surface area contributed by atoms with Gasteiger partial charge in [0.2, 0.25) is 0 Å². The lowest BCUT2D eigenvalue weighted by atomic mass is 9.98. The molecule has 2 aromatic rings. The highest BCUT2D eigenvalue weighted by atomic mass is 16.3. The van der Waals surface area contributed by atoms with Crippen molar-refractivity contribution in [2.45, 2.75) is 25.9 Å². The lowest BCUT2D eigenvalue weighted by Gasteiger charge is -2.31. The van der Waals surface area contributed by atoms with Crippen molar-refractivity contribution in [3.63, 3.8) is 0 Å². The highest BCUT2D eigenvalue weighted by Gasteiger charge is 2.19. The van der Waals surface area contributed by atoms with E-state index in [1.165, 1.54) is 23.6 Å². The minimum absolute atomic E-state index is 0.381. The van der Waals surface area contributed by atoms with E-state index in [1.54, 1.807) is 0 Å².